The average Bonchev–Trinajstić information content (AvgIpc) is 2.41. The van der Waals surface area contributed by atoms with Crippen LogP contribution in [0.3, 0.4) is 0 Å². The molecule has 2 aromatic rings. The Hall–Kier alpha value is -1.67. The maximum absolute atomic E-state index is 13.3. The summed E-state index contributed by atoms with van der Waals surface area (Å²) >= 11 is 0. The van der Waals surface area contributed by atoms with Crippen LogP contribution in [0, 0.1) is 5.82 Å². The van der Waals surface area contributed by atoms with Crippen LogP contribution in [-0.2, 0) is 13.0 Å². The second-order valence-electron chi connectivity index (χ2n) is 4.78. The van der Waals surface area contributed by atoms with E-state index in [1.807, 2.05) is 13.1 Å². The molecule has 0 aliphatic heterocycles. The Labute approximate surface area is 114 Å². The van der Waals surface area contributed by atoms with Crippen LogP contribution in [0.5, 0.6) is 0 Å². The first-order chi connectivity index (χ1) is 9.24. The van der Waals surface area contributed by atoms with Gasteiger partial charge in [0.05, 0.1) is 0 Å². The summed E-state index contributed by atoms with van der Waals surface area (Å²) in [5.41, 5.74) is 4.58. The number of halogens is 1. The molecule has 1 N–H and O–H groups in total. The first-order valence-electron chi connectivity index (χ1n) is 6.77. The van der Waals surface area contributed by atoms with Gasteiger partial charge in [-0.3, -0.25) is 0 Å². The number of hydrogen-bond acceptors (Lipinski definition) is 1. The van der Waals surface area contributed by atoms with E-state index in [9.17, 15) is 4.39 Å². The lowest BCUT2D eigenvalue weighted by Crippen LogP contribution is -2.06. The molecule has 2 heteroatoms. The van der Waals surface area contributed by atoms with Crippen molar-refractivity contribution in [2.75, 3.05) is 7.05 Å². The summed E-state index contributed by atoms with van der Waals surface area (Å²) in [6.45, 7) is 2.85. The summed E-state index contributed by atoms with van der Waals surface area (Å²) in [6, 6.07) is 13.5. The summed E-state index contributed by atoms with van der Waals surface area (Å²) in [5.74, 6) is -0.184. The van der Waals surface area contributed by atoms with E-state index in [0.717, 1.165) is 29.5 Å². The van der Waals surface area contributed by atoms with E-state index in [-0.39, 0.29) is 5.82 Å². The van der Waals surface area contributed by atoms with E-state index in [0.29, 0.717) is 6.54 Å². The van der Waals surface area contributed by atoms with Gasteiger partial charge in [0.25, 0.3) is 0 Å². The molecule has 0 aromatic heterocycles. The molecule has 0 saturated carbocycles. The fourth-order valence-corrected chi connectivity index (χ4v) is 2.32. The Morgan fingerprint density at radius 3 is 2.42 bits per heavy atom. The number of rotatable bonds is 5. The Morgan fingerprint density at radius 2 is 1.79 bits per heavy atom. The van der Waals surface area contributed by atoms with Crippen LogP contribution < -0.4 is 5.32 Å². The lowest BCUT2D eigenvalue weighted by molar-refractivity contribution is 0.624. The predicted molar refractivity (Wildman–Crippen MR) is 78.6 cm³/mol. The number of benzene rings is 2. The molecular formula is C17H20FN. The zero-order valence-electron chi connectivity index (χ0n) is 11.5. The maximum atomic E-state index is 13.3. The highest BCUT2D eigenvalue weighted by molar-refractivity contribution is 5.67. The van der Waals surface area contributed by atoms with Crippen LogP contribution >= 0.6 is 0 Å². The Balaban J connectivity index is 2.34. The molecule has 0 bridgehead atoms. The molecule has 0 amide bonds. The summed E-state index contributed by atoms with van der Waals surface area (Å²) in [7, 11) is 1.87. The first-order valence-corrected chi connectivity index (χ1v) is 6.77. The fraction of sp³-hybridized carbons (Fsp3) is 0.294. The van der Waals surface area contributed by atoms with Gasteiger partial charge in [-0.2, -0.15) is 0 Å². The monoisotopic (exact) mass is 257 g/mol. The standard InChI is InChI=1S/C17H20FN/c1-3-4-13-5-7-14(8-6-13)17-10-9-16(18)11-15(17)12-19-2/h5-11,19H,3-4,12H2,1-2H3. The highest BCUT2D eigenvalue weighted by Crippen LogP contribution is 2.25. The average molecular weight is 257 g/mol. The molecule has 19 heavy (non-hydrogen) atoms. The quantitative estimate of drug-likeness (QED) is 0.848. The largest absolute Gasteiger partial charge is 0.316 e. The minimum atomic E-state index is -0.184. The lowest BCUT2D eigenvalue weighted by atomic mass is 9.97. The van der Waals surface area contributed by atoms with Gasteiger partial charge < -0.3 is 5.32 Å². The second kappa shape index (κ2) is 6.48. The SMILES string of the molecule is CCCc1ccc(-c2ccc(F)cc2CNC)cc1. The smallest absolute Gasteiger partial charge is 0.123 e. The molecule has 0 unspecified atom stereocenters. The zero-order valence-corrected chi connectivity index (χ0v) is 11.5. The first kappa shape index (κ1) is 13.8. The molecule has 0 heterocycles. The molecule has 2 aromatic carbocycles. The molecule has 0 atom stereocenters. The topological polar surface area (TPSA) is 12.0 Å². The van der Waals surface area contributed by atoms with Gasteiger partial charge >= 0.3 is 0 Å². The van der Waals surface area contributed by atoms with Crippen LogP contribution in [0.25, 0.3) is 11.1 Å². The summed E-state index contributed by atoms with van der Waals surface area (Å²) in [4.78, 5) is 0. The Kier molecular flexibility index (Phi) is 4.69. The molecule has 0 radical (unpaired) electrons. The van der Waals surface area contributed by atoms with E-state index in [1.54, 1.807) is 6.07 Å². The van der Waals surface area contributed by atoms with Crippen LogP contribution in [0.15, 0.2) is 42.5 Å². The van der Waals surface area contributed by atoms with Gasteiger partial charge in [-0.15, -0.1) is 0 Å². The van der Waals surface area contributed by atoms with Crippen molar-refractivity contribution in [2.45, 2.75) is 26.3 Å². The van der Waals surface area contributed by atoms with Crippen LogP contribution in [0.4, 0.5) is 4.39 Å². The van der Waals surface area contributed by atoms with Crippen molar-refractivity contribution < 1.29 is 4.39 Å². The molecule has 0 fully saturated rings. The summed E-state index contributed by atoms with van der Waals surface area (Å²) in [6.07, 6.45) is 2.26. The van der Waals surface area contributed by atoms with Crippen molar-refractivity contribution in [3.05, 3.63) is 59.4 Å². The molecule has 100 valence electrons. The third kappa shape index (κ3) is 3.42. The van der Waals surface area contributed by atoms with E-state index in [1.165, 1.54) is 11.6 Å². The van der Waals surface area contributed by atoms with Crippen molar-refractivity contribution in [3.8, 4) is 11.1 Å². The summed E-state index contributed by atoms with van der Waals surface area (Å²) < 4.78 is 13.3. The lowest BCUT2D eigenvalue weighted by Gasteiger charge is -2.10. The van der Waals surface area contributed by atoms with Crippen molar-refractivity contribution in [2.24, 2.45) is 0 Å². The van der Waals surface area contributed by atoms with Crippen LogP contribution in [0.2, 0.25) is 0 Å². The van der Waals surface area contributed by atoms with Crippen molar-refractivity contribution in [1.82, 2.24) is 5.32 Å². The highest BCUT2D eigenvalue weighted by Gasteiger charge is 2.06. The highest BCUT2D eigenvalue weighted by atomic mass is 19.1. The minimum Gasteiger partial charge on any atom is -0.316 e. The normalized spacial score (nSPS) is 10.7. The van der Waals surface area contributed by atoms with Crippen LogP contribution in [-0.4, -0.2) is 7.05 Å². The minimum absolute atomic E-state index is 0.184. The molecule has 0 aliphatic rings. The molecule has 1 nitrogen and oxygen atoms in total. The van der Waals surface area contributed by atoms with Crippen molar-refractivity contribution in [3.63, 3.8) is 0 Å². The van der Waals surface area contributed by atoms with E-state index in [2.05, 4.69) is 36.5 Å². The van der Waals surface area contributed by atoms with Crippen LogP contribution in [0.1, 0.15) is 24.5 Å². The molecule has 0 spiro atoms. The third-order valence-corrected chi connectivity index (χ3v) is 3.24. The molecular weight excluding hydrogens is 237 g/mol. The Bertz CT molecular complexity index is 531. The third-order valence-electron chi connectivity index (χ3n) is 3.24. The molecule has 2 rings (SSSR count). The van der Waals surface area contributed by atoms with Gasteiger partial charge in [0, 0.05) is 6.54 Å². The maximum Gasteiger partial charge on any atom is 0.123 e. The Morgan fingerprint density at radius 1 is 1.05 bits per heavy atom. The van der Waals surface area contributed by atoms with Gasteiger partial charge in [0.15, 0.2) is 0 Å². The van der Waals surface area contributed by atoms with Gasteiger partial charge in [-0.25, -0.2) is 4.39 Å². The van der Waals surface area contributed by atoms with E-state index in [4.69, 9.17) is 0 Å². The van der Waals surface area contributed by atoms with Crippen molar-refractivity contribution >= 4 is 0 Å². The number of aryl methyl sites for hydroxylation is 1. The van der Waals surface area contributed by atoms with Gasteiger partial charge in [-0.1, -0.05) is 43.7 Å². The molecule has 0 aliphatic carbocycles. The molecule has 0 saturated heterocycles. The summed E-state index contributed by atoms with van der Waals surface area (Å²) in [5, 5.41) is 3.09. The number of nitrogens with one attached hydrogen (secondary N) is 1. The fourth-order valence-electron chi connectivity index (χ4n) is 2.32. The van der Waals surface area contributed by atoms with Gasteiger partial charge in [0.1, 0.15) is 5.82 Å². The van der Waals surface area contributed by atoms with E-state index < -0.39 is 0 Å². The number of hydrogen-bond donors (Lipinski definition) is 1. The van der Waals surface area contributed by atoms with Crippen molar-refractivity contribution in [1.29, 1.82) is 0 Å². The zero-order chi connectivity index (χ0) is 13.7. The van der Waals surface area contributed by atoms with Gasteiger partial charge in [-0.05, 0) is 47.9 Å². The van der Waals surface area contributed by atoms with E-state index >= 15 is 0 Å². The predicted octanol–water partition coefficient (Wildman–Crippen LogP) is 4.16. The van der Waals surface area contributed by atoms with Gasteiger partial charge in [0.2, 0.25) is 0 Å². The second-order valence-corrected chi connectivity index (χ2v) is 4.78.